The van der Waals surface area contributed by atoms with Crippen molar-refractivity contribution in [3.8, 4) is 0 Å². The summed E-state index contributed by atoms with van der Waals surface area (Å²) in [4.78, 5) is 0. The van der Waals surface area contributed by atoms with Crippen molar-refractivity contribution in [3.63, 3.8) is 0 Å². The van der Waals surface area contributed by atoms with Crippen molar-refractivity contribution in [2.24, 2.45) is 10.8 Å². The molecule has 1 spiro atoms. The molecule has 3 fully saturated rings. The van der Waals surface area contributed by atoms with Crippen LogP contribution in [0.4, 0.5) is 0 Å². The van der Waals surface area contributed by atoms with E-state index in [4.69, 9.17) is 14.2 Å². The van der Waals surface area contributed by atoms with E-state index in [9.17, 15) is 0 Å². The zero-order chi connectivity index (χ0) is 13.0. The molecule has 3 heteroatoms. The summed E-state index contributed by atoms with van der Waals surface area (Å²) in [6, 6.07) is 0. The monoisotopic (exact) mass is 254 g/mol. The van der Waals surface area contributed by atoms with E-state index in [1.54, 1.807) is 0 Å². The summed E-state index contributed by atoms with van der Waals surface area (Å²) >= 11 is 0. The molecule has 104 valence electrons. The van der Waals surface area contributed by atoms with Gasteiger partial charge in [0, 0.05) is 11.8 Å². The summed E-state index contributed by atoms with van der Waals surface area (Å²) in [5.41, 5.74) is 0.210. The molecule has 1 aliphatic carbocycles. The first-order valence-corrected chi connectivity index (χ1v) is 7.33. The van der Waals surface area contributed by atoms with Gasteiger partial charge in [-0.3, -0.25) is 0 Å². The van der Waals surface area contributed by atoms with Gasteiger partial charge in [0.25, 0.3) is 0 Å². The average Bonchev–Trinajstić information content (AvgIpc) is 2.79. The van der Waals surface area contributed by atoms with Crippen LogP contribution in [0.15, 0.2) is 0 Å². The third-order valence-electron chi connectivity index (χ3n) is 5.54. The van der Waals surface area contributed by atoms with Gasteiger partial charge in [-0.25, -0.2) is 0 Å². The van der Waals surface area contributed by atoms with Crippen molar-refractivity contribution >= 4 is 0 Å². The summed E-state index contributed by atoms with van der Waals surface area (Å²) in [6.45, 7) is 10.5. The molecular formula is C15H26O3. The second-order valence-corrected chi connectivity index (χ2v) is 7.19. The molecule has 3 rings (SSSR count). The molecule has 1 saturated carbocycles. The lowest BCUT2D eigenvalue weighted by Gasteiger charge is -2.60. The Morgan fingerprint density at radius 1 is 0.944 bits per heavy atom. The maximum absolute atomic E-state index is 6.34. The van der Waals surface area contributed by atoms with Crippen LogP contribution >= 0.6 is 0 Å². The van der Waals surface area contributed by atoms with Crippen LogP contribution in [-0.4, -0.2) is 31.2 Å². The molecule has 1 unspecified atom stereocenters. The molecule has 0 aromatic carbocycles. The van der Waals surface area contributed by atoms with Crippen LogP contribution in [0.2, 0.25) is 0 Å². The second kappa shape index (κ2) is 3.94. The Morgan fingerprint density at radius 2 is 1.61 bits per heavy atom. The molecule has 2 aliphatic heterocycles. The third-order valence-corrected chi connectivity index (χ3v) is 5.54. The number of fused-ring (bicyclic) bond motifs is 1. The minimum atomic E-state index is -0.408. The van der Waals surface area contributed by atoms with Crippen LogP contribution in [0, 0.1) is 10.8 Å². The molecule has 0 aromatic rings. The predicted molar refractivity (Wildman–Crippen MR) is 69.3 cm³/mol. The van der Waals surface area contributed by atoms with Gasteiger partial charge in [-0.1, -0.05) is 20.8 Å². The lowest BCUT2D eigenvalue weighted by Crippen LogP contribution is -2.64. The highest BCUT2D eigenvalue weighted by Crippen LogP contribution is 2.59. The molecule has 0 bridgehead atoms. The fourth-order valence-corrected chi connectivity index (χ4v) is 4.37. The predicted octanol–water partition coefficient (Wildman–Crippen LogP) is 3.12. The van der Waals surface area contributed by atoms with E-state index < -0.39 is 5.79 Å². The van der Waals surface area contributed by atoms with Crippen molar-refractivity contribution in [1.82, 2.24) is 0 Å². The fourth-order valence-electron chi connectivity index (χ4n) is 4.37. The smallest absolute Gasteiger partial charge is 0.176 e. The van der Waals surface area contributed by atoms with Crippen LogP contribution in [0.5, 0.6) is 0 Å². The van der Waals surface area contributed by atoms with Crippen molar-refractivity contribution < 1.29 is 14.2 Å². The van der Waals surface area contributed by atoms with Gasteiger partial charge in [-0.2, -0.15) is 0 Å². The van der Waals surface area contributed by atoms with Crippen molar-refractivity contribution in [2.75, 3.05) is 13.2 Å². The fraction of sp³-hybridized carbons (Fsp3) is 1.00. The molecule has 3 aliphatic rings. The highest BCUT2D eigenvalue weighted by Gasteiger charge is 2.63. The Hall–Kier alpha value is -0.120. The Morgan fingerprint density at radius 3 is 2.28 bits per heavy atom. The van der Waals surface area contributed by atoms with Gasteiger partial charge in [0.05, 0.1) is 25.4 Å². The van der Waals surface area contributed by atoms with Gasteiger partial charge in [-0.15, -0.1) is 0 Å². The van der Waals surface area contributed by atoms with Gasteiger partial charge in [0.15, 0.2) is 5.79 Å². The zero-order valence-corrected chi connectivity index (χ0v) is 12.1. The van der Waals surface area contributed by atoms with E-state index in [1.165, 1.54) is 12.8 Å². The summed E-state index contributed by atoms with van der Waals surface area (Å²) < 4.78 is 18.4. The highest BCUT2D eigenvalue weighted by atomic mass is 16.7. The van der Waals surface area contributed by atoms with Gasteiger partial charge in [0.1, 0.15) is 0 Å². The van der Waals surface area contributed by atoms with E-state index in [0.717, 1.165) is 26.1 Å². The molecule has 0 amide bonds. The molecule has 2 heterocycles. The van der Waals surface area contributed by atoms with Gasteiger partial charge >= 0.3 is 0 Å². The molecule has 0 N–H and O–H groups in total. The topological polar surface area (TPSA) is 27.7 Å². The SMILES string of the molecule is C[C@H]1CCC2(C)CCC3(OCCO3)C(C)(C)[C@@H]2O1. The van der Waals surface area contributed by atoms with E-state index in [2.05, 4.69) is 27.7 Å². The lowest BCUT2D eigenvalue weighted by atomic mass is 9.56. The Balaban J connectivity index is 1.94. The Kier molecular flexibility index (Phi) is 2.82. The third kappa shape index (κ3) is 1.60. The number of ether oxygens (including phenoxy) is 3. The molecular weight excluding hydrogens is 228 g/mol. The maximum atomic E-state index is 6.34. The van der Waals surface area contributed by atoms with Gasteiger partial charge in [0.2, 0.25) is 0 Å². The minimum absolute atomic E-state index is 0.0782. The van der Waals surface area contributed by atoms with Crippen LogP contribution in [0.25, 0.3) is 0 Å². The molecule has 0 aromatic heterocycles. The second-order valence-electron chi connectivity index (χ2n) is 7.19. The van der Waals surface area contributed by atoms with Crippen LogP contribution in [0.3, 0.4) is 0 Å². The lowest BCUT2D eigenvalue weighted by molar-refractivity contribution is -0.319. The normalized spacial score (nSPS) is 46.0. The molecule has 0 radical (unpaired) electrons. The van der Waals surface area contributed by atoms with Crippen LogP contribution in [-0.2, 0) is 14.2 Å². The summed E-state index contributed by atoms with van der Waals surface area (Å²) in [5.74, 6) is -0.408. The summed E-state index contributed by atoms with van der Waals surface area (Å²) in [7, 11) is 0. The quantitative estimate of drug-likeness (QED) is 0.664. The molecule has 3 nitrogen and oxygen atoms in total. The number of hydrogen-bond donors (Lipinski definition) is 0. The zero-order valence-electron chi connectivity index (χ0n) is 12.1. The minimum Gasteiger partial charge on any atom is -0.374 e. The summed E-state index contributed by atoms with van der Waals surface area (Å²) in [6.07, 6.45) is 5.19. The van der Waals surface area contributed by atoms with Crippen LogP contribution < -0.4 is 0 Å². The first-order chi connectivity index (χ1) is 8.40. The number of rotatable bonds is 0. The van der Waals surface area contributed by atoms with Crippen LogP contribution in [0.1, 0.15) is 53.4 Å². The van der Waals surface area contributed by atoms with Crippen molar-refractivity contribution in [2.45, 2.75) is 71.4 Å². The van der Waals surface area contributed by atoms with Crippen molar-refractivity contribution in [1.29, 1.82) is 0 Å². The highest BCUT2D eigenvalue weighted by molar-refractivity contribution is 5.08. The van der Waals surface area contributed by atoms with Crippen molar-refractivity contribution in [3.05, 3.63) is 0 Å². The first kappa shape index (κ1) is 12.9. The number of hydrogen-bond acceptors (Lipinski definition) is 3. The molecule has 2 saturated heterocycles. The molecule has 3 atom stereocenters. The van der Waals surface area contributed by atoms with E-state index in [-0.39, 0.29) is 16.9 Å². The average molecular weight is 254 g/mol. The van der Waals surface area contributed by atoms with E-state index >= 15 is 0 Å². The molecule has 18 heavy (non-hydrogen) atoms. The largest absolute Gasteiger partial charge is 0.374 e. The van der Waals surface area contributed by atoms with Gasteiger partial charge in [-0.05, 0) is 31.6 Å². The standard InChI is InChI=1S/C15H26O3/c1-11-5-6-14(4)7-8-15(16-9-10-17-15)13(2,3)12(14)18-11/h11-12H,5-10H2,1-4H3/t11-,12-,14?/m0/s1. The Bertz CT molecular complexity index is 333. The van der Waals surface area contributed by atoms with E-state index in [1.807, 2.05) is 0 Å². The first-order valence-electron chi connectivity index (χ1n) is 7.33. The summed E-state index contributed by atoms with van der Waals surface area (Å²) in [5, 5.41) is 0. The van der Waals surface area contributed by atoms with E-state index in [0.29, 0.717) is 6.10 Å². The Labute approximate surface area is 110 Å². The maximum Gasteiger partial charge on any atom is 0.176 e. The van der Waals surface area contributed by atoms with Gasteiger partial charge < -0.3 is 14.2 Å².